The highest BCUT2D eigenvalue weighted by Gasteiger charge is 2.17. The van der Waals surface area contributed by atoms with Crippen LogP contribution in [0.5, 0.6) is 0 Å². The molecule has 0 saturated carbocycles. The van der Waals surface area contributed by atoms with Crippen molar-refractivity contribution in [3.63, 3.8) is 0 Å². The van der Waals surface area contributed by atoms with E-state index in [4.69, 9.17) is 5.26 Å². The molecule has 1 aromatic heterocycles. The van der Waals surface area contributed by atoms with Gasteiger partial charge in [0, 0.05) is 23.8 Å². The number of pyridine rings is 1. The summed E-state index contributed by atoms with van der Waals surface area (Å²) in [6.07, 6.45) is 1.40. The lowest BCUT2D eigenvalue weighted by Gasteiger charge is -2.10. The quantitative estimate of drug-likeness (QED) is 0.866. The monoisotopic (exact) mass is 366 g/mol. The Labute approximate surface area is 131 Å². The van der Waals surface area contributed by atoms with Gasteiger partial charge in [0.2, 0.25) is 0 Å². The SMILES string of the molecule is CNc1cc(S(=O)(=O)Nc2ccc(Br)cc2C#N)ccn1. The lowest BCUT2D eigenvalue weighted by molar-refractivity contribution is 0.601. The topological polar surface area (TPSA) is 94.9 Å². The van der Waals surface area contributed by atoms with Gasteiger partial charge in [0.15, 0.2) is 0 Å². The van der Waals surface area contributed by atoms with Gasteiger partial charge in [-0.15, -0.1) is 0 Å². The molecule has 0 amide bonds. The Morgan fingerprint density at radius 3 is 2.71 bits per heavy atom. The fourth-order valence-corrected chi connectivity index (χ4v) is 3.07. The smallest absolute Gasteiger partial charge is 0.262 e. The summed E-state index contributed by atoms with van der Waals surface area (Å²) in [4.78, 5) is 4.03. The fraction of sp³-hybridized carbons (Fsp3) is 0.0769. The van der Waals surface area contributed by atoms with Gasteiger partial charge in [0.05, 0.1) is 16.1 Å². The molecule has 0 aliphatic carbocycles. The number of hydrogen-bond donors (Lipinski definition) is 2. The molecule has 1 aromatic carbocycles. The summed E-state index contributed by atoms with van der Waals surface area (Å²) in [6.45, 7) is 0. The highest BCUT2D eigenvalue weighted by molar-refractivity contribution is 9.10. The Morgan fingerprint density at radius 2 is 2.05 bits per heavy atom. The lowest BCUT2D eigenvalue weighted by Crippen LogP contribution is -2.14. The minimum absolute atomic E-state index is 0.0636. The van der Waals surface area contributed by atoms with Crippen molar-refractivity contribution in [1.82, 2.24) is 4.98 Å². The number of nitrogens with one attached hydrogen (secondary N) is 2. The van der Waals surface area contributed by atoms with Crippen molar-refractivity contribution in [2.75, 3.05) is 17.1 Å². The number of sulfonamides is 1. The number of anilines is 2. The summed E-state index contributed by atoms with van der Waals surface area (Å²) in [6, 6.07) is 9.47. The van der Waals surface area contributed by atoms with Gasteiger partial charge in [0.1, 0.15) is 11.9 Å². The van der Waals surface area contributed by atoms with Crippen LogP contribution in [-0.2, 0) is 10.0 Å². The zero-order valence-corrected chi connectivity index (χ0v) is 13.4. The molecule has 108 valence electrons. The summed E-state index contributed by atoms with van der Waals surface area (Å²) >= 11 is 3.24. The number of nitriles is 1. The average molecular weight is 367 g/mol. The maximum Gasteiger partial charge on any atom is 0.262 e. The Hall–Kier alpha value is -2.11. The number of hydrogen-bond acceptors (Lipinski definition) is 5. The third kappa shape index (κ3) is 3.51. The molecule has 21 heavy (non-hydrogen) atoms. The standard InChI is InChI=1S/C13H11BrN4O2S/c1-16-13-7-11(4-5-17-13)21(19,20)18-12-3-2-10(14)6-9(12)8-15/h2-7,18H,1H3,(H,16,17). The predicted molar refractivity (Wildman–Crippen MR) is 83.4 cm³/mol. The number of nitrogens with zero attached hydrogens (tertiary/aromatic N) is 2. The molecule has 1 heterocycles. The van der Waals surface area contributed by atoms with E-state index < -0.39 is 10.0 Å². The highest BCUT2D eigenvalue weighted by atomic mass is 79.9. The predicted octanol–water partition coefficient (Wildman–Crippen LogP) is 2.56. The van der Waals surface area contributed by atoms with Crippen LogP contribution in [0.15, 0.2) is 45.9 Å². The van der Waals surface area contributed by atoms with Crippen molar-refractivity contribution in [3.05, 3.63) is 46.6 Å². The summed E-state index contributed by atoms with van der Waals surface area (Å²) < 4.78 is 27.8. The Bertz CT molecular complexity index is 815. The molecule has 0 saturated heterocycles. The summed E-state index contributed by atoms with van der Waals surface area (Å²) in [5.74, 6) is 0.439. The van der Waals surface area contributed by atoms with Gasteiger partial charge >= 0.3 is 0 Å². The first-order valence-electron chi connectivity index (χ1n) is 5.82. The minimum Gasteiger partial charge on any atom is -0.373 e. The minimum atomic E-state index is -3.79. The summed E-state index contributed by atoms with van der Waals surface area (Å²) in [5, 5.41) is 11.8. The first-order valence-corrected chi connectivity index (χ1v) is 8.10. The van der Waals surface area contributed by atoms with Crippen molar-refractivity contribution in [2.45, 2.75) is 4.90 Å². The molecule has 6 nitrogen and oxygen atoms in total. The van der Waals surface area contributed by atoms with Gasteiger partial charge in [-0.3, -0.25) is 4.72 Å². The Balaban J connectivity index is 2.40. The largest absolute Gasteiger partial charge is 0.373 e. The lowest BCUT2D eigenvalue weighted by atomic mass is 10.2. The molecule has 0 bridgehead atoms. The molecular formula is C13H11BrN4O2S. The van der Waals surface area contributed by atoms with Crippen LogP contribution in [0.3, 0.4) is 0 Å². The second-order valence-electron chi connectivity index (χ2n) is 4.03. The second kappa shape index (κ2) is 6.11. The molecule has 0 aliphatic rings. The van der Waals surface area contributed by atoms with E-state index in [9.17, 15) is 8.42 Å². The van der Waals surface area contributed by atoms with Crippen molar-refractivity contribution >= 4 is 37.5 Å². The normalized spacial score (nSPS) is 10.7. The van der Waals surface area contributed by atoms with Crippen LogP contribution in [0, 0.1) is 11.3 Å². The molecule has 0 atom stereocenters. The first kappa shape index (κ1) is 15.3. The van der Waals surface area contributed by atoms with E-state index in [1.807, 2.05) is 6.07 Å². The van der Waals surface area contributed by atoms with Gasteiger partial charge in [-0.25, -0.2) is 13.4 Å². The van der Waals surface area contributed by atoms with E-state index in [0.717, 1.165) is 0 Å². The van der Waals surface area contributed by atoms with Crippen LogP contribution < -0.4 is 10.0 Å². The average Bonchev–Trinajstić information content (AvgIpc) is 2.49. The van der Waals surface area contributed by atoms with E-state index in [-0.39, 0.29) is 16.1 Å². The van der Waals surface area contributed by atoms with Gasteiger partial charge in [0.25, 0.3) is 10.0 Å². The van der Waals surface area contributed by atoms with E-state index in [1.165, 1.54) is 24.4 Å². The molecule has 0 fully saturated rings. The molecule has 0 radical (unpaired) electrons. The number of halogens is 1. The fourth-order valence-electron chi connectivity index (χ4n) is 1.62. The molecule has 0 aliphatic heterocycles. The molecular weight excluding hydrogens is 356 g/mol. The third-order valence-corrected chi connectivity index (χ3v) is 4.50. The van der Waals surface area contributed by atoms with Crippen molar-refractivity contribution in [1.29, 1.82) is 5.26 Å². The van der Waals surface area contributed by atoms with Crippen LogP contribution in [-0.4, -0.2) is 20.4 Å². The highest BCUT2D eigenvalue weighted by Crippen LogP contribution is 2.23. The third-order valence-electron chi connectivity index (χ3n) is 2.64. The van der Waals surface area contributed by atoms with E-state index in [1.54, 1.807) is 19.2 Å². The number of benzene rings is 1. The van der Waals surface area contributed by atoms with E-state index in [2.05, 4.69) is 31.0 Å². The van der Waals surface area contributed by atoms with Crippen molar-refractivity contribution in [2.24, 2.45) is 0 Å². The van der Waals surface area contributed by atoms with Crippen molar-refractivity contribution in [3.8, 4) is 6.07 Å². The molecule has 0 unspecified atom stereocenters. The van der Waals surface area contributed by atoms with Gasteiger partial charge in [-0.05, 0) is 24.3 Å². The van der Waals surface area contributed by atoms with Crippen LogP contribution in [0.1, 0.15) is 5.56 Å². The maximum atomic E-state index is 12.3. The maximum absolute atomic E-state index is 12.3. The van der Waals surface area contributed by atoms with Crippen LogP contribution in [0.4, 0.5) is 11.5 Å². The zero-order chi connectivity index (χ0) is 15.5. The van der Waals surface area contributed by atoms with Crippen LogP contribution in [0.2, 0.25) is 0 Å². The second-order valence-corrected chi connectivity index (χ2v) is 6.63. The molecule has 2 aromatic rings. The number of rotatable bonds is 4. The van der Waals surface area contributed by atoms with Gasteiger partial charge < -0.3 is 5.32 Å². The molecule has 0 spiro atoms. The number of aromatic nitrogens is 1. The summed E-state index contributed by atoms with van der Waals surface area (Å²) in [5.41, 5.74) is 0.458. The summed E-state index contributed by atoms with van der Waals surface area (Å²) in [7, 11) is -2.14. The van der Waals surface area contributed by atoms with Gasteiger partial charge in [-0.1, -0.05) is 15.9 Å². The molecule has 8 heteroatoms. The zero-order valence-electron chi connectivity index (χ0n) is 11.0. The van der Waals surface area contributed by atoms with Crippen molar-refractivity contribution < 1.29 is 8.42 Å². The molecule has 2 rings (SSSR count). The molecule has 2 N–H and O–H groups in total. The Morgan fingerprint density at radius 1 is 1.29 bits per heavy atom. The Kier molecular flexibility index (Phi) is 4.45. The van der Waals surface area contributed by atoms with Gasteiger partial charge in [-0.2, -0.15) is 5.26 Å². The van der Waals surface area contributed by atoms with E-state index >= 15 is 0 Å². The van der Waals surface area contributed by atoms with Crippen LogP contribution in [0.25, 0.3) is 0 Å². The van der Waals surface area contributed by atoms with Crippen LogP contribution >= 0.6 is 15.9 Å². The first-order chi connectivity index (χ1) is 9.96. The van der Waals surface area contributed by atoms with E-state index in [0.29, 0.717) is 10.3 Å².